The quantitative estimate of drug-likeness (QED) is 0.542. The highest BCUT2D eigenvalue weighted by Crippen LogP contribution is 2.29. The fraction of sp³-hybridized carbons (Fsp3) is 0.882. The standard InChI is InChI=1S/C17H28N2O6/c1-24-9-11-3-2-6-19(11)14(20)7-12-15(21)16(22)13(25-12)8-18-17(23)10-4-5-10/h10-13,15-16,21-22H,2-9H2,1H3,(H,18,23)/t11-,12+,13-,15+,16-/m1/s1. The van der Waals surface area contributed by atoms with Crippen LogP contribution in [0.4, 0.5) is 0 Å². The molecule has 0 bridgehead atoms. The average Bonchev–Trinajstić information content (AvgIpc) is 3.29. The molecule has 0 spiro atoms. The van der Waals surface area contributed by atoms with E-state index in [9.17, 15) is 19.8 Å². The van der Waals surface area contributed by atoms with Gasteiger partial charge in [0.2, 0.25) is 11.8 Å². The molecule has 142 valence electrons. The van der Waals surface area contributed by atoms with Gasteiger partial charge in [0.1, 0.15) is 18.3 Å². The number of methoxy groups -OCH3 is 1. The Balaban J connectivity index is 1.50. The molecule has 0 radical (unpaired) electrons. The van der Waals surface area contributed by atoms with Crippen molar-refractivity contribution in [2.75, 3.05) is 26.8 Å². The first-order valence-corrected chi connectivity index (χ1v) is 9.09. The molecular formula is C17H28N2O6. The van der Waals surface area contributed by atoms with Crippen molar-refractivity contribution < 1.29 is 29.3 Å². The summed E-state index contributed by atoms with van der Waals surface area (Å²) < 4.78 is 10.8. The molecule has 5 atom stereocenters. The topological polar surface area (TPSA) is 108 Å². The number of aliphatic hydroxyl groups is 2. The van der Waals surface area contributed by atoms with Crippen LogP contribution < -0.4 is 5.32 Å². The molecule has 0 aromatic heterocycles. The van der Waals surface area contributed by atoms with Gasteiger partial charge in [0.15, 0.2) is 0 Å². The number of carbonyl (C=O) groups excluding carboxylic acids is 2. The summed E-state index contributed by atoms with van der Waals surface area (Å²) >= 11 is 0. The highest BCUT2D eigenvalue weighted by Gasteiger charge is 2.44. The normalized spacial score (nSPS) is 35.2. The van der Waals surface area contributed by atoms with Gasteiger partial charge in [0.05, 0.1) is 25.2 Å². The van der Waals surface area contributed by atoms with Crippen molar-refractivity contribution in [2.24, 2.45) is 5.92 Å². The van der Waals surface area contributed by atoms with Crippen molar-refractivity contribution in [3.63, 3.8) is 0 Å². The predicted molar refractivity (Wildman–Crippen MR) is 87.6 cm³/mol. The lowest BCUT2D eigenvalue weighted by atomic mass is 10.0. The molecular weight excluding hydrogens is 328 g/mol. The van der Waals surface area contributed by atoms with Crippen LogP contribution in [0.1, 0.15) is 32.1 Å². The van der Waals surface area contributed by atoms with Crippen LogP contribution in [-0.4, -0.2) is 84.2 Å². The molecule has 3 rings (SSSR count). The van der Waals surface area contributed by atoms with Crippen LogP contribution in [0.5, 0.6) is 0 Å². The molecule has 1 saturated carbocycles. The number of hydrogen-bond donors (Lipinski definition) is 3. The molecule has 2 saturated heterocycles. The fourth-order valence-electron chi connectivity index (χ4n) is 3.67. The van der Waals surface area contributed by atoms with Crippen LogP contribution in [-0.2, 0) is 19.1 Å². The minimum absolute atomic E-state index is 0.0194. The van der Waals surface area contributed by atoms with E-state index in [-0.39, 0.29) is 36.7 Å². The number of aliphatic hydroxyl groups excluding tert-OH is 2. The van der Waals surface area contributed by atoms with Gasteiger partial charge in [-0.05, 0) is 25.7 Å². The number of nitrogens with zero attached hydrogens (tertiary/aromatic N) is 1. The van der Waals surface area contributed by atoms with Crippen molar-refractivity contribution in [1.29, 1.82) is 0 Å². The molecule has 0 aromatic carbocycles. The molecule has 3 N–H and O–H groups in total. The predicted octanol–water partition coefficient (Wildman–Crippen LogP) is -0.971. The van der Waals surface area contributed by atoms with Gasteiger partial charge in [0, 0.05) is 26.1 Å². The van der Waals surface area contributed by atoms with Gasteiger partial charge in [-0.15, -0.1) is 0 Å². The summed E-state index contributed by atoms with van der Waals surface area (Å²) in [5.41, 5.74) is 0. The van der Waals surface area contributed by atoms with E-state index in [1.807, 2.05) is 0 Å². The van der Waals surface area contributed by atoms with Crippen LogP contribution in [0.3, 0.4) is 0 Å². The molecule has 0 unspecified atom stereocenters. The first-order chi connectivity index (χ1) is 12.0. The highest BCUT2D eigenvalue weighted by atomic mass is 16.5. The SMILES string of the molecule is COC[C@H]1CCCN1C(=O)C[C@@H]1O[C@H](CNC(=O)C2CC2)[C@@H](O)[C@H]1O. The van der Waals surface area contributed by atoms with Gasteiger partial charge in [-0.2, -0.15) is 0 Å². The maximum atomic E-state index is 12.5. The minimum atomic E-state index is -1.13. The van der Waals surface area contributed by atoms with Gasteiger partial charge in [0.25, 0.3) is 0 Å². The number of ether oxygens (including phenoxy) is 2. The van der Waals surface area contributed by atoms with Crippen LogP contribution in [0.25, 0.3) is 0 Å². The minimum Gasteiger partial charge on any atom is -0.388 e. The van der Waals surface area contributed by atoms with Crippen molar-refractivity contribution in [2.45, 2.75) is 62.6 Å². The van der Waals surface area contributed by atoms with Gasteiger partial charge >= 0.3 is 0 Å². The summed E-state index contributed by atoms with van der Waals surface area (Å²) in [4.78, 5) is 26.0. The Bertz CT molecular complexity index is 498. The van der Waals surface area contributed by atoms with Gasteiger partial charge in [-0.3, -0.25) is 9.59 Å². The molecule has 1 aliphatic carbocycles. The molecule has 0 aromatic rings. The fourth-order valence-corrected chi connectivity index (χ4v) is 3.67. The van der Waals surface area contributed by atoms with E-state index in [0.29, 0.717) is 13.2 Å². The van der Waals surface area contributed by atoms with E-state index in [0.717, 1.165) is 25.7 Å². The lowest BCUT2D eigenvalue weighted by Gasteiger charge is -2.26. The molecule has 2 heterocycles. The smallest absolute Gasteiger partial charge is 0.225 e. The Labute approximate surface area is 147 Å². The number of rotatable bonds is 7. The molecule has 3 fully saturated rings. The van der Waals surface area contributed by atoms with E-state index in [1.54, 1.807) is 12.0 Å². The maximum Gasteiger partial charge on any atom is 0.225 e. The largest absolute Gasteiger partial charge is 0.388 e. The second-order valence-electron chi connectivity index (χ2n) is 7.26. The summed E-state index contributed by atoms with van der Waals surface area (Å²) in [6.07, 6.45) is -0.0147. The Morgan fingerprint density at radius 2 is 1.92 bits per heavy atom. The van der Waals surface area contributed by atoms with Crippen molar-refractivity contribution in [3.8, 4) is 0 Å². The molecule has 2 aliphatic heterocycles. The summed E-state index contributed by atoms with van der Waals surface area (Å²) in [6.45, 7) is 1.33. The number of amides is 2. The monoisotopic (exact) mass is 356 g/mol. The van der Waals surface area contributed by atoms with Crippen LogP contribution in [0.15, 0.2) is 0 Å². The van der Waals surface area contributed by atoms with E-state index >= 15 is 0 Å². The van der Waals surface area contributed by atoms with E-state index in [1.165, 1.54) is 0 Å². The van der Waals surface area contributed by atoms with Gasteiger partial charge < -0.3 is 29.9 Å². The average molecular weight is 356 g/mol. The Morgan fingerprint density at radius 1 is 1.20 bits per heavy atom. The summed E-state index contributed by atoms with van der Waals surface area (Å²) in [5, 5.41) is 23.1. The second-order valence-corrected chi connectivity index (χ2v) is 7.26. The van der Waals surface area contributed by atoms with Gasteiger partial charge in [-0.1, -0.05) is 0 Å². The van der Waals surface area contributed by atoms with E-state index in [4.69, 9.17) is 9.47 Å². The third kappa shape index (κ3) is 4.31. The Hall–Kier alpha value is -1.22. The summed E-state index contributed by atoms with van der Waals surface area (Å²) in [7, 11) is 1.61. The molecule has 25 heavy (non-hydrogen) atoms. The number of likely N-dealkylation sites (tertiary alicyclic amines) is 1. The van der Waals surface area contributed by atoms with Crippen molar-refractivity contribution in [1.82, 2.24) is 10.2 Å². The zero-order valence-electron chi connectivity index (χ0n) is 14.6. The van der Waals surface area contributed by atoms with Crippen molar-refractivity contribution in [3.05, 3.63) is 0 Å². The lowest BCUT2D eigenvalue weighted by molar-refractivity contribution is -0.137. The zero-order chi connectivity index (χ0) is 18.0. The third-order valence-electron chi connectivity index (χ3n) is 5.32. The molecule has 8 nitrogen and oxygen atoms in total. The van der Waals surface area contributed by atoms with Gasteiger partial charge in [-0.25, -0.2) is 0 Å². The van der Waals surface area contributed by atoms with Crippen molar-refractivity contribution >= 4 is 11.8 Å². The Morgan fingerprint density at radius 3 is 2.60 bits per heavy atom. The van der Waals surface area contributed by atoms with Crippen LogP contribution in [0, 0.1) is 5.92 Å². The molecule has 8 heteroatoms. The first kappa shape index (κ1) is 18.6. The second kappa shape index (κ2) is 7.99. The Kier molecular flexibility index (Phi) is 5.93. The third-order valence-corrected chi connectivity index (χ3v) is 5.32. The van der Waals surface area contributed by atoms with Crippen LogP contribution >= 0.6 is 0 Å². The number of nitrogens with one attached hydrogen (secondary N) is 1. The number of hydrogen-bond acceptors (Lipinski definition) is 6. The lowest BCUT2D eigenvalue weighted by Crippen LogP contribution is -2.42. The zero-order valence-corrected chi connectivity index (χ0v) is 14.6. The summed E-state index contributed by atoms with van der Waals surface area (Å²) in [6, 6.07) is 0.0644. The van der Waals surface area contributed by atoms with Crippen LogP contribution in [0.2, 0.25) is 0 Å². The summed E-state index contributed by atoms with van der Waals surface area (Å²) in [5.74, 6) is -0.0588. The highest BCUT2D eigenvalue weighted by molar-refractivity contribution is 5.80. The maximum absolute atomic E-state index is 12.5. The first-order valence-electron chi connectivity index (χ1n) is 9.09. The van der Waals surface area contributed by atoms with E-state index < -0.39 is 24.4 Å². The molecule has 3 aliphatic rings. The molecule has 2 amide bonds. The number of carbonyl (C=O) groups is 2. The van der Waals surface area contributed by atoms with E-state index in [2.05, 4.69) is 5.32 Å².